The van der Waals surface area contributed by atoms with Gasteiger partial charge in [-0.25, -0.2) is 4.79 Å². The van der Waals surface area contributed by atoms with Gasteiger partial charge in [-0.1, -0.05) is 13.8 Å². The van der Waals surface area contributed by atoms with Crippen LogP contribution in [-0.2, 0) is 28.6 Å². The standard InChI is InChI=1S/C19H24O7/c1-9-7-11(25-16(22)17(3)8-24-17)13-10(2)15(21)26-14(13)18(4)12(20)5-6-19(9,18)23/h5-6,9-11,13-14,23H,7-8H2,1-4H3/t9-,10-,11-,13+,14+,17-,18-,19+/m0/s1. The van der Waals surface area contributed by atoms with Crippen molar-refractivity contribution in [1.82, 2.24) is 0 Å². The van der Waals surface area contributed by atoms with Crippen LogP contribution in [0.1, 0.15) is 34.1 Å². The summed E-state index contributed by atoms with van der Waals surface area (Å²) in [7, 11) is 0. The molecular formula is C19H24O7. The molecule has 7 nitrogen and oxygen atoms in total. The first kappa shape index (κ1) is 17.7. The number of allylic oxidation sites excluding steroid dienone is 1. The van der Waals surface area contributed by atoms with Gasteiger partial charge in [0, 0.05) is 5.92 Å². The topological polar surface area (TPSA) is 102 Å². The molecule has 0 unspecified atom stereocenters. The van der Waals surface area contributed by atoms with Crippen molar-refractivity contribution in [3.05, 3.63) is 12.2 Å². The second-order valence-electron chi connectivity index (χ2n) is 8.55. The van der Waals surface area contributed by atoms with Crippen molar-refractivity contribution < 1.29 is 33.7 Å². The Bertz CT molecular complexity index is 723. The van der Waals surface area contributed by atoms with Gasteiger partial charge in [0.2, 0.25) is 0 Å². The third-order valence-corrected chi connectivity index (χ3v) is 6.98. The number of hydrogen-bond donors (Lipinski definition) is 1. The van der Waals surface area contributed by atoms with E-state index >= 15 is 0 Å². The van der Waals surface area contributed by atoms with E-state index in [9.17, 15) is 19.5 Å². The minimum absolute atomic E-state index is 0.270. The molecule has 0 amide bonds. The molecule has 4 rings (SSSR count). The van der Waals surface area contributed by atoms with Gasteiger partial charge in [-0.05, 0) is 38.3 Å². The van der Waals surface area contributed by atoms with Crippen molar-refractivity contribution in [2.24, 2.45) is 23.2 Å². The maximum absolute atomic E-state index is 12.7. The van der Waals surface area contributed by atoms with Crippen LogP contribution in [0.15, 0.2) is 12.2 Å². The molecule has 0 spiro atoms. The fourth-order valence-electron chi connectivity index (χ4n) is 4.84. The van der Waals surface area contributed by atoms with Crippen LogP contribution in [0.3, 0.4) is 0 Å². The average Bonchev–Trinajstić information content (AvgIpc) is 3.22. The molecule has 2 heterocycles. The number of ketones is 1. The third kappa shape index (κ3) is 2.04. The zero-order chi connectivity index (χ0) is 19.1. The number of fused-ring (bicyclic) bond motifs is 3. The minimum atomic E-state index is -1.46. The molecule has 8 atom stereocenters. The van der Waals surface area contributed by atoms with E-state index < -0.39 is 52.6 Å². The van der Waals surface area contributed by atoms with E-state index in [4.69, 9.17) is 14.2 Å². The van der Waals surface area contributed by atoms with Gasteiger partial charge >= 0.3 is 11.9 Å². The normalized spacial score (nSPS) is 52.1. The van der Waals surface area contributed by atoms with Crippen molar-refractivity contribution >= 4 is 17.7 Å². The first-order valence-corrected chi connectivity index (χ1v) is 9.06. The summed E-state index contributed by atoms with van der Waals surface area (Å²) in [5.74, 6) is -2.59. The van der Waals surface area contributed by atoms with Crippen LogP contribution in [0.25, 0.3) is 0 Å². The van der Waals surface area contributed by atoms with E-state index in [0.717, 1.165) is 0 Å². The summed E-state index contributed by atoms with van der Waals surface area (Å²) in [5, 5.41) is 11.4. The second kappa shape index (κ2) is 5.16. The molecule has 0 aromatic carbocycles. The fourth-order valence-corrected chi connectivity index (χ4v) is 4.84. The van der Waals surface area contributed by atoms with E-state index in [2.05, 4.69) is 0 Å². The van der Waals surface area contributed by atoms with Gasteiger partial charge in [-0.15, -0.1) is 0 Å². The Labute approximate surface area is 151 Å². The van der Waals surface area contributed by atoms with Gasteiger partial charge in [0.1, 0.15) is 17.8 Å². The highest BCUT2D eigenvalue weighted by Crippen LogP contribution is 2.57. The SMILES string of the molecule is C[C@@H]1C(=O)O[C@@H]2[C@H]1[C@@H](OC(=O)[C@]1(C)CO1)C[C@H](C)[C@]1(O)C=CC(=O)[C@@]21C. The first-order chi connectivity index (χ1) is 12.0. The lowest BCUT2D eigenvalue weighted by Crippen LogP contribution is -2.57. The molecule has 2 saturated heterocycles. The van der Waals surface area contributed by atoms with Crippen molar-refractivity contribution in [2.75, 3.05) is 6.61 Å². The van der Waals surface area contributed by atoms with Crippen LogP contribution in [-0.4, -0.2) is 52.8 Å². The molecule has 2 aliphatic heterocycles. The van der Waals surface area contributed by atoms with E-state index in [0.29, 0.717) is 13.0 Å². The lowest BCUT2D eigenvalue weighted by Gasteiger charge is -2.43. The largest absolute Gasteiger partial charge is 0.460 e. The number of hydrogen-bond acceptors (Lipinski definition) is 7. The molecular weight excluding hydrogens is 340 g/mol. The fraction of sp³-hybridized carbons (Fsp3) is 0.737. The lowest BCUT2D eigenvalue weighted by molar-refractivity contribution is -0.167. The summed E-state index contributed by atoms with van der Waals surface area (Å²) in [6.07, 6.45) is 1.71. The Kier molecular flexibility index (Phi) is 3.51. The predicted molar refractivity (Wildman–Crippen MR) is 87.8 cm³/mol. The monoisotopic (exact) mass is 364 g/mol. The Morgan fingerprint density at radius 1 is 1.31 bits per heavy atom. The number of ether oxygens (including phenoxy) is 3. The van der Waals surface area contributed by atoms with Crippen LogP contribution in [0.2, 0.25) is 0 Å². The van der Waals surface area contributed by atoms with Crippen LogP contribution >= 0.6 is 0 Å². The van der Waals surface area contributed by atoms with Crippen molar-refractivity contribution in [3.8, 4) is 0 Å². The zero-order valence-electron chi connectivity index (χ0n) is 15.4. The number of epoxide rings is 1. The van der Waals surface area contributed by atoms with E-state index in [1.165, 1.54) is 12.2 Å². The molecule has 7 heteroatoms. The smallest absolute Gasteiger partial charge is 0.340 e. The number of rotatable bonds is 2. The van der Waals surface area contributed by atoms with Gasteiger partial charge in [0.05, 0.1) is 17.9 Å². The van der Waals surface area contributed by atoms with Crippen LogP contribution in [0.4, 0.5) is 0 Å². The molecule has 0 aromatic heterocycles. The van der Waals surface area contributed by atoms with Crippen molar-refractivity contribution in [2.45, 2.75) is 57.5 Å². The van der Waals surface area contributed by atoms with Crippen molar-refractivity contribution in [3.63, 3.8) is 0 Å². The molecule has 0 radical (unpaired) electrons. The molecule has 1 saturated carbocycles. The highest BCUT2D eigenvalue weighted by molar-refractivity contribution is 6.00. The Balaban J connectivity index is 1.76. The summed E-state index contributed by atoms with van der Waals surface area (Å²) in [4.78, 5) is 37.5. The van der Waals surface area contributed by atoms with Gasteiger partial charge in [0.15, 0.2) is 11.4 Å². The van der Waals surface area contributed by atoms with E-state index in [1.807, 2.05) is 6.92 Å². The van der Waals surface area contributed by atoms with Gasteiger partial charge < -0.3 is 19.3 Å². The quantitative estimate of drug-likeness (QED) is 0.570. The molecule has 4 aliphatic rings. The average molecular weight is 364 g/mol. The number of carbonyl (C=O) groups is 3. The molecule has 3 fully saturated rings. The number of carbonyl (C=O) groups excluding carboxylic acids is 3. The summed E-state index contributed by atoms with van der Waals surface area (Å²) in [5.41, 5.74) is -3.69. The molecule has 2 aliphatic carbocycles. The Morgan fingerprint density at radius 2 is 1.96 bits per heavy atom. The highest BCUT2D eigenvalue weighted by Gasteiger charge is 2.69. The number of esters is 2. The minimum Gasteiger partial charge on any atom is -0.460 e. The maximum atomic E-state index is 12.7. The van der Waals surface area contributed by atoms with Gasteiger partial charge in [0.25, 0.3) is 0 Å². The highest BCUT2D eigenvalue weighted by atomic mass is 16.6. The number of aliphatic hydroxyl groups is 1. The zero-order valence-corrected chi connectivity index (χ0v) is 15.4. The summed E-state index contributed by atoms with van der Waals surface area (Å²) in [6, 6.07) is 0. The van der Waals surface area contributed by atoms with E-state index in [1.54, 1.807) is 20.8 Å². The predicted octanol–water partition coefficient (Wildman–Crippen LogP) is 0.781. The molecule has 26 heavy (non-hydrogen) atoms. The summed E-state index contributed by atoms with van der Waals surface area (Å²) >= 11 is 0. The van der Waals surface area contributed by atoms with Crippen LogP contribution in [0, 0.1) is 23.2 Å². The van der Waals surface area contributed by atoms with E-state index in [-0.39, 0.29) is 11.7 Å². The van der Waals surface area contributed by atoms with Crippen LogP contribution in [0.5, 0.6) is 0 Å². The molecule has 1 N–H and O–H groups in total. The Hall–Kier alpha value is -1.73. The maximum Gasteiger partial charge on any atom is 0.340 e. The van der Waals surface area contributed by atoms with Crippen molar-refractivity contribution in [1.29, 1.82) is 0 Å². The third-order valence-electron chi connectivity index (χ3n) is 6.98. The summed E-state index contributed by atoms with van der Waals surface area (Å²) in [6.45, 7) is 7.14. The second-order valence-corrected chi connectivity index (χ2v) is 8.55. The Morgan fingerprint density at radius 3 is 2.58 bits per heavy atom. The molecule has 0 aromatic rings. The molecule has 142 valence electrons. The van der Waals surface area contributed by atoms with Gasteiger partial charge in [-0.3, -0.25) is 9.59 Å². The molecule has 0 bridgehead atoms. The summed E-state index contributed by atoms with van der Waals surface area (Å²) < 4.78 is 16.5. The first-order valence-electron chi connectivity index (χ1n) is 9.06. The van der Waals surface area contributed by atoms with Gasteiger partial charge in [-0.2, -0.15) is 0 Å². The van der Waals surface area contributed by atoms with Crippen LogP contribution < -0.4 is 0 Å². The lowest BCUT2D eigenvalue weighted by atomic mass is 9.64.